The number of hydrogen-bond acceptors (Lipinski definition) is 12. The van der Waals surface area contributed by atoms with Crippen molar-refractivity contribution in [2.75, 3.05) is 33.9 Å². The molecular formula is C54H69FN8O8S4. The molecule has 3 saturated heterocycles. The average Bonchev–Trinajstić information content (AvgIpc) is 4.23. The Hall–Kier alpha value is -5.35. The maximum atomic E-state index is 17.0. The number of nitrogens with zero attached hydrogens (tertiary/aromatic N) is 6. The molecular weight excluding hydrogens is 1040 g/mol. The summed E-state index contributed by atoms with van der Waals surface area (Å²) in [4.78, 5) is 72.1. The Labute approximate surface area is 462 Å². The molecule has 21 heteroatoms. The maximum absolute atomic E-state index is 17.0. The van der Waals surface area contributed by atoms with E-state index in [1.807, 2.05) is 57.1 Å². The summed E-state index contributed by atoms with van der Waals surface area (Å²) in [5.41, 5.74) is 6.68. The van der Waals surface area contributed by atoms with Gasteiger partial charge in [-0.05, 0) is 123 Å². The monoisotopic (exact) mass is 1100 g/mol. The number of ether oxygens (including phenoxy) is 4. The van der Waals surface area contributed by atoms with E-state index in [1.54, 1.807) is 28.5 Å². The van der Waals surface area contributed by atoms with Gasteiger partial charge in [-0.2, -0.15) is 40.5 Å². The van der Waals surface area contributed by atoms with Crippen molar-refractivity contribution in [3.05, 3.63) is 81.8 Å². The van der Waals surface area contributed by atoms with Crippen LogP contribution in [0.25, 0.3) is 33.3 Å². The highest BCUT2D eigenvalue weighted by Gasteiger charge is 2.44. The van der Waals surface area contributed by atoms with Crippen LogP contribution >= 0.6 is 51.8 Å². The molecule has 4 amide bonds. The summed E-state index contributed by atoms with van der Waals surface area (Å²) in [5, 5.41) is 7.46. The van der Waals surface area contributed by atoms with Gasteiger partial charge in [-0.1, -0.05) is 26.8 Å². The highest BCUT2D eigenvalue weighted by Crippen LogP contribution is 2.48. The second-order valence-electron chi connectivity index (χ2n) is 20.6. The molecule has 3 unspecified atom stereocenters. The van der Waals surface area contributed by atoms with Crippen molar-refractivity contribution in [3.63, 3.8) is 0 Å². The molecule has 4 aromatic rings. The van der Waals surface area contributed by atoms with E-state index in [2.05, 4.69) is 45.3 Å². The number of halogens is 1. The Morgan fingerprint density at radius 1 is 0.853 bits per heavy atom. The highest BCUT2D eigenvalue weighted by molar-refractivity contribution is 7.59. The SMILES string of the molecule is CCc1ncc(C2Oc3cc(C4=CN=C([C@@H]5CCCN5C(=O)[C@@H](NC(=O)OC)C(C)C)C4)cc(F)c3-c3cc4cc(C5=CN=C([C@@H]6CCCN6C(=O)C(NC(=O)OC)C6CCOC(C)(C)C6)C5)ccc4n32)s1.S.S.S. The van der Waals surface area contributed by atoms with Crippen LogP contribution in [0.2, 0.25) is 0 Å². The number of allylic oxidation sites excluding steroid dienone is 2. The lowest BCUT2D eigenvalue weighted by molar-refractivity contribution is -0.138. The van der Waals surface area contributed by atoms with Gasteiger partial charge in [0.05, 0.1) is 58.6 Å². The van der Waals surface area contributed by atoms with Gasteiger partial charge in [0.25, 0.3) is 0 Å². The molecule has 2 N–H and O–H groups in total. The lowest BCUT2D eigenvalue weighted by Crippen LogP contribution is -2.56. The number of aromatic nitrogens is 2. The number of hydrogen-bond donors (Lipinski definition) is 2. The van der Waals surface area contributed by atoms with Crippen LogP contribution < -0.4 is 15.4 Å². The minimum atomic E-state index is -0.747. The molecule has 0 spiro atoms. The van der Waals surface area contributed by atoms with E-state index in [4.69, 9.17) is 28.9 Å². The number of benzene rings is 2. The second kappa shape index (κ2) is 23.5. The van der Waals surface area contributed by atoms with Gasteiger partial charge in [0.15, 0.2) is 0 Å². The van der Waals surface area contributed by atoms with Crippen LogP contribution in [0, 0.1) is 17.7 Å². The first-order valence-electron chi connectivity index (χ1n) is 25.2. The Balaban J connectivity index is 0.00000273. The normalized spacial score (nSPS) is 22.2. The zero-order valence-electron chi connectivity index (χ0n) is 43.5. The van der Waals surface area contributed by atoms with Gasteiger partial charge in [-0.3, -0.25) is 24.1 Å². The molecule has 6 aliphatic heterocycles. The lowest BCUT2D eigenvalue weighted by atomic mass is 9.82. The van der Waals surface area contributed by atoms with Gasteiger partial charge in [0.2, 0.25) is 18.0 Å². The topological polar surface area (TPSA) is 178 Å². The fourth-order valence-electron chi connectivity index (χ4n) is 11.5. The Morgan fingerprint density at radius 2 is 1.49 bits per heavy atom. The molecule has 0 bridgehead atoms. The number of carbonyl (C=O) groups excluding carboxylic acids is 4. The van der Waals surface area contributed by atoms with Gasteiger partial charge in [-0.15, -0.1) is 11.3 Å². The van der Waals surface area contributed by atoms with Gasteiger partial charge in [0.1, 0.15) is 23.7 Å². The molecule has 75 heavy (non-hydrogen) atoms. The quantitative estimate of drug-likeness (QED) is 0.140. The Kier molecular flexibility index (Phi) is 18.0. The molecule has 0 aliphatic carbocycles. The van der Waals surface area contributed by atoms with Crippen molar-refractivity contribution in [1.82, 2.24) is 30.0 Å². The number of thiazole rings is 1. The van der Waals surface area contributed by atoms with E-state index in [0.29, 0.717) is 68.0 Å². The number of carbonyl (C=O) groups is 4. The number of rotatable bonds is 12. The summed E-state index contributed by atoms with van der Waals surface area (Å²) >= 11 is 1.57. The summed E-state index contributed by atoms with van der Waals surface area (Å²) < 4.78 is 41.6. The number of methoxy groups -OCH3 is 2. The maximum Gasteiger partial charge on any atom is 0.407 e. The minimum Gasteiger partial charge on any atom is -0.464 e. The first kappa shape index (κ1) is 57.4. The highest BCUT2D eigenvalue weighted by atomic mass is 32.1. The lowest BCUT2D eigenvalue weighted by Gasteiger charge is -2.40. The summed E-state index contributed by atoms with van der Waals surface area (Å²) in [5.74, 6) is -0.587. The van der Waals surface area contributed by atoms with Crippen molar-refractivity contribution in [2.45, 2.75) is 128 Å². The van der Waals surface area contributed by atoms with E-state index < -0.39 is 41.9 Å². The van der Waals surface area contributed by atoms with Crippen LogP contribution in [-0.2, 0) is 30.2 Å². The van der Waals surface area contributed by atoms with Gasteiger partial charge in [0, 0.05) is 67.9 Å². The number of amides is 4. The van der Waals surface area contributed by atoms with Crippen molar-refractivity contribution in [1.29, 1.82) is 0 Å². The number of aliphatic imine (C=N–C) groups is 2. The third kappa shape index (κ3) is 11.2. The van der Waals surface area contributed by atoms with Crippen molar-refractivity contribution in [3.8, 4) is 17.0 Å². The molecule has 2 aromatic heterocycles. The average molecular weight is 1110 g/mol. The first-order chi connectivity index (χ1) is 34.6. The molecule has 3 fully saturated rings. The Bertz CT molecular complexity index is 2970. The summed E-state index contributed by atoms with van der Waals surface area (Å²) in [6.45, 7) is 11.5. The number of likely N-dealkylation sites (tertiary alicyclic amines) is 2. The van der Waals surface area contributed by atoms with Crippen LogP contribution in [0.4, 0.5) is 14.0 Å². The largest absolute Gasteiger partial charge is 0.464 e. The van der Waals surface area contributed by atoms with Crippen LogP contribution in [0.15, 0.2) is 65.0 Å². The molecule has 0 radical (unpaired) electrons. The van der Waals surface area contributed by atoms with Crippen molar-refractivity contribution < 1.29 is 42.5 Å². The number of fused-ring (bicyclic) bond motifs is 5. The third-order valence-electron chi connectivity index (χ3n) is 15.2. The molecule has 404 valence electrons. The smallest absolute Gasteiger partial charge is 0.407 e. The molecule has 8 heterocycles. The predicted octanol–water partition coefficient (Wildman–Crippen LogP) is 9.41. The van der Waals surface area contributed by atoms with Gasteiger partial charge in [-0.25, -0.2) is 19.0 Å². The van der Waals surface area contributed by atoms with E-state index in [-0.39, 0.29) is 76.2 Å². The van der Waals surface area contributed by atoms with E-state index in [9.17, 15) is 19.2 Å². The zero-order valence-corrected chi connectivity index (χ0v) is 47.3. The standard InChI is InChI=1S/C54H63FN8O8S.3H2S/c1-8-45-58-28-44(72-45)51-63-39-14-13-30(34-21-37(56-26-34)41-12-10-17-62(41)50(65)48(60-53(67)69-7)31-15-18-70-54(4,5)25-31)19-33(39)23-42(63)46-36(55)20-32(24-43(46)71-51)35-22-38(57-27-35)40-11-9-16-61(40)49(64)47(29(2)3)59-52(66)68-6;;;/h13-14,19-20,23-24,26-29,31,40-41,47-48,51H,8-12,15-18,21-22,25H2,1-7H3,(H,59,66)(H,60,67);3*1H2/t31?,40-,41-,47-,48?,51?;;;/m0.../s1. The first-order valence-corrected chi connectivity index (χ1v) is 26.0. The summed E-state index contributed by atoms with van der Waals surface area (Å²) in [6.07, 6.45) is 9.76. The number of alkyl carbamates (subject to hydrolysis) is 2. The van der Waals surface area contributed by atoms with E-state index in [1.165, 1.54) is 14.2 Å². The van der Waals surface area contributed by atoms with E-state index in [0.717, 1.165) is 81.0 Å². The van der Waals surface area contributed by atoms with Crippen molar-refractivity contribution in [2.24, 2.45) is 21.8 Å². The fourth-order valence-corrected chi connectivity index (χ4v) is 12.4. The molecule has 2 aromatic carbocycles. The zero-order chi connectivity index (χ0) is 50.6. The predicted molar refractivity (Wildman–Crippen MR) is 305 cm³/mol. The third-order valence-corrected chi connectivity index (χ3v) is 16.3. The molecule has 16 nitrogen and oxygen atoms in total. The fraction of sp³-hybridized carbons (Fsp3) is 0.500. The molecule has 10 rings (SSSR count). The number of aryl methyl sites for hydroxylation is 1. The van der Waals surface area contributed by atoms with E-state index >= 15 is 4.39 Å². The van der Waals surface area contributed by atoms with Gasteiger partial charge >= 0.3 is 12.2 Å². The van der Waals surface area contributed by atoms with Gasteiger partial charge < -0.3 is 39.4 Å². The summed E-state index contributed by atoms with van der Waals surface area (Å²) in [6, 6.07) is 9.76. The number of nitrogens with one attached hydrogen (secondary N) is 2. The minimum absolute atomic E-state index is 0. The van der Waals surface area contributed by atoms with Crippen molar-refractivity contribution >= 4 is 109 Å². The second-order valence-corrected chi connectivity index (χ2v) is 21.7. The molecule has 6 atom stereocenters. The summed E-state index contributed by atoms with van der Waals surface area (Å²) in [7, 11) is 2.59. The van der Waals surface area contributed by atoms with Crippen LogP contribution in [0.3, 0.4) is 0 Å². The van der Waals surface area contributed by atoms with Crippen LogP contribution in [0.5, 0.6) is 5.75 Å². The molecule has 0 saturated carbocycles. The Morgan fingerprint density at radius 3 is 2.11 bits per heavy atom. The molecule has 6 aliphatic rings. The van der Waals surface area contributed by atoms with Crippen LogP contribution in [0.1, 0.15) is 113 Å². The van der Waals surface area contributed by atoms with Crippen LogP contribution in [-0.4, -0.2) is 118 Å².